The van der Waals surface area contributed by atoms with Gasteiger partial charge in [-0.2, -0.15) is 0 Å². The highest BCUT2D eigenvalue weighted by Gasteiger charge is 2.30. The molecule has 0 aromatic heterocycles. The zero-order valence-electron chi connectivity index (χ0n) is 16.8. The molecule has 0 saturated heterocycles. The predicted octanol–water partition coefficient (Wildman–Crippen LogP) is -1.99. The van der Waals surface area contributed by atoms with Gasteiger partial charge in [0.05, 0.1) is 12.5 Å². The molecule has 0 aliphatic rings. The summed E-state index contributed by atoms with van der Waals surface area (Å²) in [6.45, 7) is 2.67. The lowest BCUT2D eigenvalue weighted by atomic mass is 10.0. The standard InChI is InChI=1S/C19H27N5O6/c1-10(20)16(26)23-13(8-12-6-4-3-5-7-12)18(28)24-14(9-15(21)25)17(27)22-11(2)19(29)30/h3-7,10-11,13-14H,8-9,20H2,1-2H3,(H2,21,25)(H,22,27)(H,23,26)(H,24,28)(H,29,30)/t10-,11-,13+,14+/m0/s1. The van der Waals surface area contributed by atoms with E-state index in [2.05, 4.69) is 16.0 Å². The van der Waals surface area contributed by atoms with Crippen molar-refractivity contribution in [2.24, 2.45) is 11.5 Å². The fraction of sp³-hybridized carbons (Fsp3) is 0.421. The molecule has 1 aromatic rings. The second kappa shape index (κ2) is 11.5. The van der Waals surface area contributed by atoms with Gasteiger partial charge in [-0.05, 0) is 19.4 Å². The highest BCUT2D eigenvalue weighted by molar-refractivity contribution is 5.96. The number of hydrogen-bond acceptors (Lipinski definition) is 6. The molecule has 11 heteroatoms. The molecule has 164 valence electrons. The number of nitrogens with one attached hydrogen (secondary N) is 3. The van der Waals surface area contributed by atoms with Crippen LogP contribution in [0.1, 0.15) is 25.8 Å². The highest BCUT2D eigenvalue weighted by Crippen LogP contribution is 2.05. The van der Waals surface area contributed by atoms with Crippen molar-refractivity contribution < 1.29 is 29.1 Å². The van der Waals surface area contributed by atoms with E-state index in [0.717, 1.165) is 5.56 Å². The zero-order chi connectivity index (χ0) is 22.8. The van der Waals surface area contributed by atoms with E-state index < -0.39 is 60.2 Å². The number of carboxylic acid groups (broad SMARTS) is 1. The number of carbonyl (C=O) groups excluding carboxylic acids is 4. The van der Waals surface area contributed by atoms with Crippen LogP contribution in [0.15, 0.2) is 30.3 Å². The number of rotatable bonds is 11. The van der Waals surface area contributed by atoms with Crippen molar-refractivity contribution in [1.29, 1.82) is 0 Å². The van der Waals surface area contributed by atoms with Crippen molar-refractivity contribution in [2.45, 2.75) is 50.9 Å². The van der Waals surface area contributed by atoms with Crippen molar-refractivity contribution in [2.75, 3.05) is 0 Å². The van der Waals surface area contributed by atoms with E-state index in [1.807, 2.05) is 0 Å². The fourth-order valence-electron chi connectivity index (χ4n) is 2.42. The van der Waals surface area contributed by atoms with Gasteiger partial charge in [-0.1, -0.05) is 30.3 Å². The Kier molecular flexibility index (Phi) is 9.43. The Labute approximate surface area is 173 Å². The molecule has 4 atom stereocenters. The van der Waals surface area contributed by atoms with Crippen molar-refractivity contribution >= 4 is 29.6 Å². The molecule has 30 heavy (non-hydrogen) atoms. The van der Waals surface area contributed by atoms with Crippen LogP contribution in [0.2, 0.25) is 0 Å². The summed E-state index contributed by atoms with van der Waals surface area (Å²) < 4.78 is 0. The number of aliphatic carboxylic acids is 1. The number of benzene rings is 1. The topological polar surface area (TPSA) is 194 Å². The van der Waals surface area contributed by atoms with Gasteiger partial charge in [0.1, 0.15) is 18.1 Å². The zero-order valence-corrected chi connectivity index (χ0v) is 16.8. The number of carboxylic acids is 1. The van der Waals surface area contributed by atoms with Crippen molar-refractivity contribution in [1.82, 2.24) is 16.0 Å². The van der Waals surface area contributed by atoms with Crippen LogP contribution in [0.4, 0.5) is 0 Å². The third-order valence-corrected chi connectivity index (χ3v) is 4.10. The lowest BCUT2D eigenvalue weighted by molar-refractivity contribution is -0.142. The average Bonchev–Trinajstić information content (AvgIpc) is 2.66. The van der Waals surface area contributed by atoms with Gasteiger partial charge in [0.25, 0.3) is 0 Å². The first-order valence-corrected chi connectivity index (χ1v) is 9.23. The number of nitrogens with two attached hydrogens (primary N) is 2. The highest BCUT2D eigenvalue weighted by atomic mass is 16.4. The van der Waals surface area contributed by atoms with Crippen LogP contribution < -0.4 is 27.4 Å². The van der Waals surface area contributed by atoms with E-state index in [4.69, 9.17) is 16.6 Å². The summed E-state index contributed by atoms with van der Waals surface area (Å²) in [5, 5.41) is 16.0. The molecule has 4 amide bonds. The molecule has 0 aliphatic carbocycles. The Balaban J connectivity index is 3.01. The van der Waals surface area contributed by atoms with Crippen LogP contribution in [-0.2, 0) is 30.4 Å². The minimum atomic E-state index is -1.41. The van der Waals surface area contributed by atoms with Gasteiger partial charge in [-0.15, -0.1) is 0 Å². The number of primary amides is 1. The van der Waals surface area contributed by atoms with Gasteiger partial charge in [-0.3, -0.25) is 24.0 Å². The van der Waals surface area contributed by atoms with E-state index in [-0.39, 0.29) is 6.42 Å². The molecule has 8 N–H and O–H groups in total. The number of hydrogen-bond donors (Lipinski definition) is 6. The quantitative estimate of drug-likeness (QED) is 0.238. The Morgan fingerprint density at radius 3 is 1.93 bits per heavy atom. The molecule has 0 bridgehead atoms. The molecule has 1 aromatic carbocycles. The SMILES string of the molecule is C[C@H](N)C(=O)N[C@H](Cc1ccccc1)C(=O)N[C@H](CC(N)=O)C(=O)N[C@@H](C)C(=O)O. The summed E-state index contributed by atoms with van der Waals surface area (Å²) >= 11 is 0. The number of amides is 4. The van der Waals surface area contributed by atoms with E-state index in [1.54, 1.807) is 30.3 Å². The first kappa shape index (κ1) is 24.6. The minimum Gasteiger partial charge on any atom is -0.480 e. The molecule has 0 fully saturated rings. The first-order valence-electron chi connectivity index (χ1n) is 9.23. The molecule has 11 nitrogen and oxygen atoms in total. The van der Waals surface area contributed by atoms with Crippen molar-refractivity contribution in [3.8, 4) is 0 Å². The second-order valence-corrected chi connectivity index (χ2v) is 6.84. The van der Waals surface area contributed by atoms with E-state index in [0.29, 0.717) is 0 Å². The summed E-state index contributed by atoms with van der Waals surface area (Å²) in [5.74, 6) is -4.40. The molecular formula is C19H27N5O6. The van der Waals surface area contributed by atoms with Crippen LogP contribution in [0, 0.1) is 0 Å². The monoisotopic (exact) mass is 421 g/mol. The number of carbonyl (C=O) groups is 5. The van der Waals surface area contributed by atoms with Gasteiger partial charge < -0.3 is 32.5 Å². The maximum absolute atomic E-state index is 12.8. The summed E-state index contributed by atoms with van der Waals surface area (Å²) in [4.78, 5) is 59.5. The largest absolute Gasteiger partial charge is 0.480 e. The first-order chi connectivity index (χ1) is 14.0. The van der Waals surface area contributed by atoms with Crippen molar-refractivity contribution in [3.63, 3.8) is 0 Å². The minimum absolute atomic E-state index is 0.0988. The Morgan fingerprint density at radius 1 is 0.900 bits per heavy atom. The fourth-order valence-corrected chi connectivity index (χ4v) is 2.42. The van der Waals surface area contributed by atoms with Crippen LogP contribution in [-0.4, -0.2) is 58.9 Å². The third kappa shape index (κ3) is 8.27. The molecule has 0 spiro atoms. The molecule has 0 aliphatic heterocycles. The van der Waals surface area contributed by atoms with E-state index in [1.165, 1.54) is 13.8 Å². The van der Waals surface area contributed by atoms with Gasteiger partial charge >= 0.3 is 5.97 Å². The Bertz CT molecular complexity index is 783. The maximum Gasteiger partial charge on any atom is 0.325 e. The molecule has 0 unspecified atom stereocenters. The van der Waals surface area contributed by atoms with Crippen LogP contribution in [0.5, 0.6) is 0 Å². The van der Waals surface area contributed by atoms with Gasteiger partial charge in [0.15, 0.2) is 0 Å². The van der Waals surface area contributed by atoms with Crippen LogP contribution in [0.25, 0.3) is 0 Å². The third-order valence-electron chi connectivity index (χ3n) is 4.10. The molecule has 0 heterocycles. The van der Waals surface area contributed by atoms with E-state index in [9.17, 15) is 24.0 Å². The summed E-state index contributed by atoms with van der Waals surface area (Å²) in [6, 6.07) is 4.17. The van der Waals surface area contributed by atoms with Crippen molar-refractivity contribution in [3.05, 3.63) is 35.9 Å². The molecule has 0 radical (unpaired) electrons. The Morgan fingerprint density at radius 2 is 1.43 bits per heavy atom. The second-order valence-electron chi connectivity index (χ2n) is 6.84. The summed E-state index contributed by atoms with van der Waals surface area (Å²) in [6.07, 6.45) is -0.454. The van der Waals surface area contributed by atoms with Crippen LogP contribution in [0.3, 0.4) is 0 Å². The average molecular weight is 421 g/mol. The smallest absolute Gasteiger partial charge is 0.325 e. The van der Waals surface area contributed by atoms with E-state index >= 15 is 0 Å². The van der Waals surface area contributed by atoms with Crippen LogP contribution >= 0.6 is 0 Å². The predicted molar refractivity (Wildman–Crippen MR) is 107 cm³/mol. The summed E-state index contributed by atoms with van der Waals surface area (Å²) in [5.41, 5.74) is 11.4. The molecule has 0 saturated carbocycles. The van der Waals surface area contributed by atoms with Gasteiger partial charge in [-0.25, -0.2) is 0 Å². The maximum atomic E-state index is 12.8. The molecular weight excluding hydrogens is 394 g/mol. The normalized spacial score (nSPS) is 14.5. The van der Waals surface area contributed by atoms with Gasteiger partial charge in [0.2, 0.25) is 23.6 Å². The summed E-state index contributed by atoms with van der Waals surface area (Å²) in [7, 11) is 0. The Hall–Kier alpha value is -3.47. The molecule has 1 rings (SSSR count). The lowest BCUT2D eigenvalue weighted by Crippen LogP contribution is -2.57. The lowest BCUT2D eigenvalue weighted by Gasteiger charge is -2.24. The van der Waals surface area contributed by atoms with Gasteiger partial charge in [0, 0.05) is 6.42 Å².